The van der Waals surface area contributed by atoms with Crippen molar-refractivity contribution in [3.8, 4) is 0 Å². The Morgan fingerprint density at radius 3 is 2.62 bits per heavy atom. The van der Waals surface area contributed by atoms with Gasteiger partial charge < -0.3 is 10.1 Å². The number of halogens is 2. The smallest absolute Gasteiger partial charge is 0.261 e. The number of carbonyl (C=O) groups is 1. The largest absolute Gasteiger partial charge is 0.385 e. The lowest BCUT2D eigenvalue weighted by molar-refractivity contribution is 0.0952. The molecule has 0 radical (unpaired) electrons. The van der Waals surface area contributed by atoms with Gasteiger partial charge in [-0.2, -0.15) is 0 Å². The van der Waals surface area contributed by atoms with E-state index in [1.807, 2.05) is 0 Å². The van der Waals surface area contributed by atoms with Crippen LogP contribution in [0.3, 0.4) is 0 Å². The molecular weight excluding hydrogens is 321 g/mol. The van der Waals surface area contributed by atoms with Crippen LogP contribution in [0.1, 0.15) is 29.6 Å². The first-order valence-electron chi connectivity index (χ1n) is 6.37. The Kier molecular flexibility index (Phi) is 7.07. The van der Waals surface area contributed by atoms with Crippen LogP contribution in [0.2, 0.25) is 0 Å². The maximum absolute atomic E-state index is 13.3. The molecule has 0 aliphatic rings. The van der Waals surface area contributed by atoms with Gasteiger partial charge >= 0.3 is 0 Å². The molecule has 0 spiro atoms. The molecule has 1 amide bonds. The van der Waals surface area contributed by atoms with Crippen LogP contribution in [-0.4, -0.2) is 34.6 Å². The maximum atomic E-state index is 13.3. The average molecular weight is 338 g/mol. The number of methoxy groups -OCH3 is 1. The molecule has 0 aromatic heterocycles. The van der Waals surface area contributed by atoms with Crippen LogP contribution in [0.25, 0.3) is 0 Å². The Hall–Kier alpha value is -1.18. The zero-order valence-electron chi connectivity index (χ0n) is 11.6. The molecule has 0 unspecified atom stereocenters. The van der Waals surface area contributed by atoms with Gasteiger partial charge in [-0.15, -0.1) is 0 Å². The monoisotopic (exact) mass is 337 g/mol. The van der Waals surface area contributed by atoms with E-state index in [1.165, 1.54) is 0 Å². The number of unbranched alkanes of at least 4 members (excludes halogenated alkanes) is 2. The van der Waals surface area contributed by atoms with E-state index in [1.54, 1.807) is 7.11 Å². The number of rotatable bonds is 8. The molecular formula is C13H17ClFNO4S. The number of benzene rings is 1. The number of ether oxygens (including phenoxy) is 1. The average Bonchev–Trinajstić information content (AvgIpc) is 2.40. The molecule has 1 aromatic carbocycles. The van der Waals surface area contributed by atoms with Crippen molar-refractivity contribution in [1.82, 2.24) is 5.32 Å². The molecule has 0 saturated heterocycles. The number of hydrogen-bond donors (Lipinski definition) is 1. The first-order valence-corrected chi connectivity index (χ1v) is 8.68. The lowest BCUT2D eigenvalue weighted by Gasteiger charge is -2.06. The minimum absolute atomic E-state index is 0.0777. The fraction of sp³-hybridized carbons (Fsp3) is 0.462. The maximum Gasteiger partial charge on any atom is 0.261 e. The Balaban J connectivity index is 2.60. The first-order chi connectivity index (χ1) is 9.84. The summed E-state index contributed by atoms with van der Waals surface area (Å²) in [6, 6.07) is 2.78. The zero-order valence-corrected chi connectivity index (χ0v) is 13.1. The van der Waals surface area contributed by atoms with Gasteiger partial charge in [0.2, 0.25) is 0 Å². The number of hydrogen-bond acceptors (Lipinski definition) is 4. The summed E-state index contributed by atoms with van der Waals surface area (Å²) in [5.74, 6) is -1.37. The Morgan fingerprint density at radius 2 is 2.00 bits per heavy atom. The fourth-order valence-corrected chi connectivity index (χ4v) is 2.48. The van der Waals surface area contributed by atoms with Gasteiger partial charge in [-0.25, -0.2) is 12.8 Å². The van der Waals surface area contributed by atoms with E-state index in [0.29, 0.717) is 13.2 Å². The summed E-state index contributed by atoms with van der Waals surface area (Å²) in [5.41, 5.74) is -0.0777. The molecule has 0 bridgehead atoms. The van der Waals surface area contributed by atoms with Crippen LogP contribution in [0.15, 0.2) is 23.1 Å². The normalized spacial score (nSPS) is 11.4. The SMILES string of the molecule is COCCCCCNC(=O)c1cc(F)cc(S(=O)(=O)Cl)c1. The third kappa shape index (κ3) is 6.41. The predicted molar refractivity (Wildman–Crippen MR) is 77.5 cm³/mol. The summed E-state index contributed by atoms with van der Waals surface area (Å²) < 4.78 is 40.6. The second kappa shape index (κ2) is 8.31. The molecule has 0 aliphatic heterocycles. The van der Waals surface area contributed by atoms with E-state index < -0.39 is 25.7 Å². The van der Waals surface area contributed by atoms with Crippen LogP contribution in [0, 0.1) is 5.82 Å². The molecule has 1 rings (SSSR count). The molecule has 8 heteroatoms. The Morgan fingerprint density at radius 1 is 1.29 bits per heavy atom. The van der Waals surface area contributed by atoms with Gasteiger partial charge in [0.25, 0.3) is 15.0 Å². The van der Waals surface area contributed by atoms with Gasteiger partial charge in [0, 0.05) is 36.5 Å². The predicted octanol–water partition coefficient (Wildman–Crippen LogP) is 2.30. The van der Waals surface area contributed by atoms with Gasteiger partial charge in [0.05, 0.1) is 4.90 Å². The van der Waals surface area contributed by atoms with Crippen molar-refractivity contribution in [2.24, 2.45) is 0 Å². The van der Waals surface area contributed by atoms with Crippen molar-refractivity contribution < 1.29 is 22.3 Å². The Labute approximate surface area is 127 Å². The topological polar surface area (TPSA) is 72.5 Å². The third-order valence-corrected chi connectivity index (χ3v) is 4.06. The highest BCUT2D eigenvalue weighted by molar-refractivity contribution is 8.13. The lowest BCUT2D eigenvalue weighted by atomic mass is 10.2. The van der Waals surface area contributed by atoms with E-state index in [-0.39, 0.29) is 5.56 Å². The van der Waals surface area contributed by atoms with E-state index in [9.17, 15) is 17.6 Å². The standard InChI is InChI=1S/C13H17ClFNO4S/c1-20-6-4-2-3-5-16-13(17)10-7-11(15)9-12(8-10)21(14,18)19/h7-9H,2-6H2,1H3,(H,16,17). The number of amides is 1. The van der Waals surface area contributed by atoms with E-state index in [2.05, 4.69) is 5.32 Å². The molecule has 0 aliphatic carbocycles. The van der Waals surface area contributed by atoms with Crippen LogP contribution >= 0.6 is 10.7 Å². The summed E-state index contributed by atoms with van der Waals surface area (Å²) in [5, 5.41) is 2.60. The van der Waals surface area contributed by atoms with Crippen LogP contribution < -0.4 is 5.32 Å². The van der Waals surface area contributed by atoms with Crippen LogP contribution in [0.5, 0.6) is 0 Å². The summed E-state index contributed by atoms with van der Waals surface area (Å²) in [7, 11) is 2.69. The van der Waals surface area contributed by atoms with Gasteiger partial charge in [-0.1, -0.05) is 0 Å². The summed E-state index contributed by atoms with van der Waals surface area (Å²) in [6.07, 6.45) is 2.53. The minimum atomic E-state index is -4.08. The summed E-state index contributed by atoms with van der Waals surface area (Å²) >= 11 is 0. The van der Waals surface area contributed by atoms with Crippen molar-refractivity contribution in [2.75, 3.05) is 20.3 Å². The number of nitrogens with one attached hydrogen (secondary N) is 1. The van der Waals surface area contributed by atoms with Crippen LogP contribution in [-0.2, 0) is 13.8 Å². The highest BCUT2D eigenvalue weighted by Gasteiger charge is 2.15. The van der Waals surface area contributed by atoms with Crippen molar-refractivity contribution in [3.63, 3.8) is 0 Å². The van der Waals surface area contributed by atoms with Crippen molar-refractivity contribution >= 4 is 25.6 Å². The highest BCUT2D eigenvalue weighted by Crippen LogP contribution is 2.18. The second-order valence-electron chi connectivity index (χ2n) is 4.42. The van der Waals surface area contributed by atoms with Gasteiger partial charge in [-0.05, 0) is 37.5 Å². The summed E-state index contributed by atoms with van der Waals surface area (Å²) in [6.45, 7) is 1.08. The molecule has 21 heavy (non-hydrogen) atoms. The molecule has 0 fully saturated rings. The quantitative estimate of drug-likeness (QED) is 0.583. The van der Waals surface area contributed by atoms with E-state index in [0.717, 1.165) is 37.5 Å². The minimum Gasteiger partial charge on any atom is -0.385 e. The molecule has 118 valence electrons. The molecule has 1 aromatic rings. The lowest BCUT2D eigenvalue weighted by Crippen LogP contribution is -2.24. The first kappa shape index (κ1) is 17.9. The van der Waals surface area contributed by atoms with Crippen LogP contribution in [0.4, 0.5) is 4.39 Å². The molecule has 0 atom stereocenters. The van der Waals surface area contributed by atoms with Crippen molar-refractivity contribution in [2.45, 2.75) is 24.2 Å². The van der Waals surface area contributed by atoms with E-state index in [4.69, 9.17) is 15.4 Å². The second-order valence-corrected chi connectivity index (χ2v) is 6.99. The Bertz CT molecular complexity index is 592. The van der Waals surface area contributed by atoms with Crippen molar-refractivity contribution in [1.29, 1.82) is 0 Å². The van der Waals surface area contributed by atoms with Gasteiger partial charge in [0.1, 0.15) is 5.82 Å². The molecule has 5 nitrogen and oxygen atoms in total. The van der Waals surface area contributed by atoms with Gasteiger partial charge in [-0.3, -0.25) is 4.79 Å². The molecule has 0 heterocycles. The molecule has 1 N–H and O–H groups in total. The highest BCUT2D eigenvalue weighted by atomic mass is 35.7. The van der Waals surface area contributed by atoms with Gasteiger partial charge in [0.15, 0.2) is 0 Å². The fourth-order valence-electron chi connectivity index (χ4n) is 1.69. The number of carbonyl (C=O) groups excluding carboxylic acids is 1. The van der Waals surface area contributed by atoms with E-state index >= 15 is 0 Å². The third-order valence-electron chi connectivity index (χ3n) is 2.73. The zero-order chi connectivity index (χ0) is 15.9. The van der Waals surface area contributed by atoms with Crippen molar-refractivity contribution in [3.05, 3.63) is 29.6 Å². The molecule has 0 saturated carbocycles. The summed E-state index contributed by atoms with van der Waals surface area (Å²) in [4.78, 5) is 11.4.